The first kappa shape index (κ1) is 25.6. The van der Waals surface area contributed by atoms with Gasteiger partial charge in [-0.15, -0.1) is 22.7 Å². The fourth-order valence-corrected chi connectivity index (χ4v) is 12.4. The third-order valence-electron chi connectivity index (χ3n) is 14.2. The summed E-state index contributed by atoms with van der Waals surface area (Å²) in [6.45, 7) is 17.8. The standard InChI is InChI=1S/C70H63N3OS2/c1-67(2,3)41-25-31-46(32-26-41)71-54-39-48(73-53-23-17-15-21-49(53)65-62(73)50-22-16-18-24-57(50)75-65)40-55-59(54)60(64-61(71)51-37-44(68(4,5)6)29-35-56(51)74-64)66-63(52-38-45(69(7,8)9)30-36-58(52)76-66)72(55)47-33-27-43(28-34-47)70(10,11)42-19-13-12-14-20-42/h12-40,60H,1-11H3/i12D,13D,14D,15D,16D,17D,18D,19D,20D,21D,22D,23D,24D,25D,26D,27D,28D,29D,30D,31D,32D,33D,34D,35D,36D,37D,38D,39D,40D. The van der Waals surface area contributed by atoms with Crippen molar-refractivity contribution in [3.8, 4) is 5.69 Å². The van der Waals surface area contributed by atoms with Crippen LogP contribution >= 0.6 is 22.7 Å². The second-order valence-corrected chi connectivity index (χ2v) is 24.8. The predicted molar refractivity (Wildman–Crippen MR) is 326 cm³/mol. The van der Waals surface area contributed by atoms with Crippen LogP contribution in [0.1, 0.15) is 166 Å². The highest BCUT2D eigenvalue weighted by atomic mass is 32.1. The molecule has 0 spiro atoms. The smallest absolute Gasteiger partial charge is 0.142 e. The molecule has 1 unspecified atom stereocenters. The molecule has 0 N–H and O–H groups in total. The molecule has 0 saturated carbocycles. The van der Waals surface area contributed by atoms with E-state index in [0.29, 0.717) is 11.3 Å². The Balaban J connectivity index is 1.32. The lowest BCUT2D eigenvalue weighted by molar-refractivity contribution is 0.540. The van der Waals surface area contributed by atoms with E-state index in [1.165, 1.54) is 13.8 Å². The van der Waals surface area contributed by atoms with Crippen LogP contribution in [-0.4, -0.2) is 4.57 Å². The summed E-state index contributed by atoms with van der Waals surface area (Å²) in [5.41, 5.74) is -12.0. The number of rotatable bonds is 5. The molecule has 4 nitrogen and oxygen atoms in total. The van der Waals surface area contributed by atoms with Crippen molar-refractivity contribution in [1.82, 2.24) is 4.57 Å². The maximum Gasteiger partial charge on any atom is 0.142 e. The third-order valence-corrected chi connectivity index (χ3v) is 16.4. The lowest BCUT2D eigenvalue weighted by Crippen LogP contribution is -2.28. The average molecular weight is 1060 g/mol. The molecular weight excluding hydrogens is 963 g/mol. The predicted octanol–water partition coefficient (Wildman–Crippen LogP) is 20.9. The third kappa shape index (κ3) is 6.99. The minimum atomic E-state index is -2.01. The van der Waals surface area contributed by atoms with E-state index in [4.69, 9.17) is 15.4 Å². The fourth-order valence-electron chi connectivity index (χ4n) is 10.1. The molecule has 4 aromatic heterocycles. The summed E-state index contributed by atoms with van der Waals surface area (Å²) < 4.78 is 291. The molecule has 2 aliphatic rings. The highest BCUT2D eigenvalue weighted by Crippen LogP contribution is 2.66. The monoisotopic (exact) mass is 1050 g/mol. The van der Waals surface area contributed by atoms with Gasteiger partial charge in [-0.25, -0.2) is 0 Å². The summed E-state index contributed by atoms with van der Waals surface area (Å²) in [4.78, 5) is 2.11. The van der Waals surface area contributed by atoms with Gasteiger partial charge in [0.2, 0.25) is 0 Å². The van der Waals surface area contributed by atoms with Gasteiger partial charge in [-0.05, 0) is 117 Å². The van der Waals surface area contributed by atoms with Crippen LogP contribution in [0.15, 0.2) is 180 Å². The van der Waals surface area contributed by atoms with Crippen molar-refractivity contribution in [2.45, 2.75) is 104 Å². The SMILES string of the molecule is [2H]c1c([2H])c([2H])c(C(C)(C)c2c([2H])c([2H])c(N3c4c([2H])c(-n5c6c([2H])c([2H])c([2H])c([2H])c6c6sc7c([2H])c([2H])c([2H])c([2H])c7c65)c([2H])c5c4C(c4oc6c([2H])c([2H])c(C(C)(C)C)c([2H])c6c4N5c4c([2H])c([2H])c(C(C)(C)C)c([2H])c4[2H])c4sc5c([2H])c([2H])c(C(C)(C)C)c([2H])c5c43)c([2H])c2[2H])c([2H])c1[2H]. The first-order valence-corrected chi connectivity index (χ1v) is 26.2. The van der Waals surface area contributed by atoms with Gasteiger partial charge >= 0.3 is 0 Å². The molecule has 2 aliphatic heterocycles. The molecular formula is C70H63N3OS2. The summed E-state index contributed by atoms with van der Waals surface area (Å²) in [6, 6.07) is -20.7. The van der Waals surface area contributed by atoms with Gasteiger partial charge in [0.05, 0.1) is 89.8 Å². The van der Waals surface area contributed by atoms with Crippen LogP contribution in [0.5, 0.6) is 0 Å². The van der Waals surface area contributed by atoms with Crippen LogP contribution in [0.4, 0.5) is 34.1 Å². The van der Waals surface area contributed by atoms with Gasteiger partial charge in [0.25, 0.3) is 0 Å². The zero-order valence-electron chi connectivity index (χ0n) is 72.1. The first-order valence-electron chi connectivity index (χ1n) is 39.1. The van der Waals surface area contributed by atoms with Gasteiger partial charge in [-0.3, -0.25) is 0 Å². The van der Waals surface area contributed by atoms with Crippen LogP contribution < -0.4 is 9.80 Å². The summed E-state index contributed by atoms with van der Waals surface area (Å²) in [6.07, 6.45) is 0. The lowest BCUT2D eigenvalue weighted by Gasteiger charge is -2.43. The van der Waals surface area contributed by atoms with Crippen molar-refractivity contribution in [2.24, 2.45) is 0 Å². The molecule has 376 valence electrons. The van der Waals surface area contributed by atoms with Gasteiger partial charge in [-0.2, -0.15) is 0 Å². The quantitative estimate of drug-likeness (QED) is 0.172. The number of hydrogen-bond acceptors (Lipinski definition) is 5. The van der Waals surface area contributed by atoms with Crippen molar-refractivity contribution in [1.29, 1.82) is 0 Å². The molecule has 1 atom stereocenters. The topological polar surface area (TPSA) is 24.6 Å². The number of nitrogens with zero attached hydrogens (tertiary/aromatic N) is 3. The van der Waals surface area contributed by atoms with E-state index in [1.54, 1.807) is 62.3 Å². The summed E-state index contributed by atoms with van der Waals surface area (Å²) >= 11 is 1.49. The number of para-hydroxylation sites is 1. The Bertz CT molecular complexity index is 6000. The number of fused-ring (bicyclic) bond motifs is 13. The molecule has 0 saturated heterocycles. The number of aromatic nitrogens is 1. The van der Waals surface area contributed by atoms with E-state index in [-0.39, 0.29) is 85.4 Å². The molecule has 0 amide bonds. The van der Waals surface area contributed by atoms with Crippen molar-refractivity contribution < 1.29 is 44.2 Å². The van der Waals surface area contributed by atoms with Crippen LogP contribution in [0.2, 0.25) is 0 Å². The summed E-state index contributed by atoms with van der Waals surface area (Å²) in [5, 5.41) is -1.10. The van der Waals surface area contributed by atoms with E-state index in [2.05, 4.69) is 0 Å². The largest absolute Gasteiger partial charge is 0.458 e. The molecule has 0 aliphatic carbocycles. The molecule has 6 heteroatoms. The van der Waals surface area contributed by atoms with Crippen LogP contribution in [0.3, 0.4) is 0 Å². The van der Waals surface area contributed by atoms with Crippen LogP contribution in [0, 0.1) is 0 Å². The van der Waals surface area contributed by atoms with Gasteiger partial charge in [-0.1, -0.05) is 179 Å². The normalized spacial score (nSPS) is 20.2. The minimum absolute atomic E-state index is 0.0171. The second-order valence-electron chi connectivity index (χ2n) is 22.7. The van der Waals surface area contributed by atoms with Crippen LogP contribution in [-0.2, 0) is 21.7 Å². The second kappa shape index (κ2) is 16.3. The Morgan fingerprint density at radius 1 is 0.447 bits per heavy atom. The van der Waals surface area contributed by atoms with Gasteiger partial charge < -0.3 is 18.8 Å². The Morgan fingerprint density at radius 3 is 1.63 bits per heavy atom. The van der Waals surface area contributed by atoms with Crippen LogP contribution in [0.25, 0.3) is 57.9 Å². The summed E-state index contributed by atoms with van der Waals surface area (Å²) in [5.74, 6) is -2.07. The van der Waals surface area contributed by atoms with E-state index in [1.807, 2.05) is 0 Å². The first-order chi connectivity index (χ1) is 48.5. The van der Waals surface area contributed by atoms with E-state index >= 15 is 0 Å². The van der Waals surface area contributed by atoms with Crippen molar-refractivity contribution in [2.75, 3.05) is 9.80 Å². The van der Waals surface area contributed by atoms with Crippen molar-refractivity contribution in [3.63, 3.8) is 0 Å². The van der Waals surface area contributed by atoms with Gasteiger partial charge in [0.15, 0.2) is 0 Å². The Hall–Kier alpha value is -7.38. The number of anilines is 6. The molecule has 14 rings (SSSR count). The van der Waals surface area contributed by atoms with Gasteiger partial charge in [0.1, 0.15) is 11.3 Å². The minimum Gasteiger partial charge on any atom is -0.458 e. The Kier molecular flexibility index (Phi) is 5.50. The lowest BCUT2D eigenvalue weighted by atomic mass is 9.78. The van der Waals surface area contributed by atoms with E-state index in [0.717, 1.165) is 25.7 Å². The Labute approximate surface area is 495 Å². The number of thiophene rings is 2. The zero-order valence-corrected chi connectivity index (χ0v) is 44.8. The van der Waals surface area contributed by atoms with Crippen molar-refractivity contribution >= 4 is 109 Å². The summed E-state index contributed by atoms with van der Waals surface area (Å²) in [7, 11) is 0. The number of furan rings is 1. The average Bonchev–Trinajstić information content (AvgIpc) is 1.58. The maximum absolute atomic E-state index is 11.4. The highest BCUT2D eigenvalue weighted by molar-refractivity contribution is 7.26. The number of hydrogen-bond donors (Lipinski definition) is 0. The molecule has 0 radical (unpaired) electrons. The molecule has 0 fully saturated rings. The maximum atomic E-state index is 11.4. The molecule has 0 bridgehead atoms. The highest BCUT2D eigenvalue weighted by Gasteiger charge is 2.47. The van der Waals surface area contributed by atoms with Gasteiger partial charge in [0, 0.05) is 58.2 Å². The Morgan fingerprint density at radius 2 is 0.974 bits per heavy atom. The molecule has 6 heterocycles. The van der Waals surface area contributed by atoms with E-state index in [9.17, 15) is 28.8 Å². The molecule has 76 heavy (non-hydrogen) atoms. The fraction of sp³-hybridized carbons (Fsp3) is 0.229. The number of benzene rings is 8. The zero-order chi connectivity index (χ0) is 77.6. The van der Waals surface area contributed by atoms with E-state index < -0.39 is 253 Å². The molecule has 12 aromatic rings. The van der Waals surface area contributed by atoms with Crippen molar-refractivity contribution in [3.05, 3.63) is 219 Å². The molecule has 8 aromatic carbocycles.